The number of aryl methyl sites for hydroxylation is 2. The maximum absolute atomic E-state index is 8.03. The Labute approximate surface area is 430 Å². The molecule has 2 nitrogen and oxygen atoms in total. The van der Waals surface area contributed by atoms with Crippen molar-refractivity contribution in [3.05, 3.63) is 262 Å². The molecule has 0 atom stereocenters. The highest BCUT2D eigenvalue weighted by Gasteiger charge is 2.31. The molecule has 10 aromatic rings. The first kappa shape index (κ1) is 48.8. The molecule has 4 heteroatoms. The van der Waals surface area contributed by atoms with Crippen LogP contribution in [0.5, 0.6) is 11.5 Å². The van der Waals surface area contributed by atoms with Crippen molar-refractivity contribution in [2.45, 2.75) is 80.1 Å². The highest BCUT2D eigenvalue weighted by Crippen LogP contribution is 2.54. The summed E-state index contributed by atoms with van der Waals surface area (Å²) in [4.78, 5) is 0. The highest BCUT2D eigenvalue weighted by molar-refractivity contribution is 7.69. The van der Waals surface area contributed by atoms with Crippen LogP contribution < -0.4 is 30.3 Å². The Morgan fingerprint density at radius 1 is 0.361 bits per heavy atom. The molecule has 0 saturated heterocycles. The quantitative estimate of drug-likeness (QED) is 0.0953. The van der Waals surface area contributed by atoms with Crippen LogP contribution in [-0.2, 0) is 12.8 Å². The summed E-state index contributed by atoms with van der Waals surface area (Å²) in [6, 6.07) is 75.3. The van der Waals surface area contributed by atoms with Crippen molar-refractivity contribution in [1.82, 2.24) is 0 Å². The Hall–Kier alpha value is -6.82. The fraction of sp³-hybridized carbons (Fsp3) is 0.176. The third-order valence-electron chi connectivity index (χ3n) is 14.5. The molecule has 0 aliphatic carbocycles. The van der Waals surface area contributed by atoms with E-state index in [0.29, 0.717) is 24.7 Å². The summed E-state index contributed by atoms with van der Waals surface area (Å²) in [5, 5.41) is 9.71. The number of rotatable bonds is 15. The predicted molar refractivity (Wildman–Crippen MR) is 312 cm³/mol. The zero-order chi connectivity index (χ0) is 49.9. The second kappa shape index (κ2) is 21.5. The lowest BCUT2D eigenvalue weighted by Gasteiger charge is -2.30. The monoisotopic (exact) mass is 974 g/mol. The van der Waals surface area contributed by atoms with Crippen molar-refractivity contribution in [2.24, 2.45) is 0 Å². The van der Waals surface area contributed by atoms with Gasteiger partial charge in [0.2, 0.25) is 0 Å². The van der Waals surface area contributed by atoms with Gasteiger partial charge in [-0.25, -0.2) is 0 Å². The highest BCUT2D eigenvalue weighted by atomic mass is 31.1. The van der Waals surface area contributed by atoms with Gasteiger partial charge in [-0.1, -0.05) is 234 Å². The van der Waals surface area contributed by atoms with Crippen LogP contribution in [0.4, 0.5) is 0 Å². The van der Waals surface area contributed by atoms with Gasteiger partial charge in [0.1, 0.15) is 11.5 Å². The van der Waals surface area contributed by atoms with Gasteiger partial charge in [0.25, 0.3) is 0 Å². The first-order chi connectivity index (χ1) is 35.0. The van der Waals surface area contributed by atoms with Crippen LogP contribution in [-0.4, -0.2) is 0 Å². The number of hydrogen-bond donors (Lipinski definition) is 0. The molecule has 0 aromatic heterocycles. The molecule has 0 fully saturated rings. The molecule has 0 saturated carbocycles. The standard InChI is InChI=1S/C68H64O2P2/c1-45(2)59-39-37-51-25-21-23-35-61(51)63(59)43-53-41-47(5)49(7)65(67(53)69-71(55-27-13-9-14-28-55)56-29-15-10-16-30-56)66-50(8)48(6)42-54(44-64-60(46(3)4)40-38-52-26-22-24-36-62(52)64)68(66)70-72(57-31-17-11-18-32-57)58-33-19-12-20-34-58/h9-42,45-46H,43-44H2,1-8H3. The number of hydrogen-bond acceptors (Lipinski definition) is 2. The predicted octanol–water partition coefficient (Wildman–Crippen LogP) is 17.2. The van der Waals surface area contributed by atoms with E-state index in [1.54, 1.807) is 0 Å². The van der Waals surface area contributed by atoms with Crippen molar-refractivity contribution in [1.29, 1.82) is 0 Å². The summed E-state index contributed by atoms with van der Waals surface area (Å²) in [5.74, 6) is 2.49. The Kier molecular flexibility index (Phi) is 14.6. The average Bonchev–Trinajstić information content (AvgIpc) is 3.41. The molecule has 0 heterocycles. The van der Waals surface area contributed by atoms with Crippen LogP contribution in [0.3, 0.4) is 0 Å². The van der Waals surface area contributed by atoms with Crippen molar-refractivity contribution in [2.75, 3.05) is 0 Å². The van der Waals surface area contributed by atoms with E-state index in [1.807, 2.05) is 0 Å². The first-order valence-electron chi connectivity index (χ1n) is 25.5. The molecule has 0 spiro atoms. The molecule has 0 amide bonds. The maximum atomic E-state index is 8.03. The van der Waals surface area contributed by atoms with E-state index in [9.17, 15) is 0 Å². The SMILES string of the molecule is Cc1cc(Cc2c(C(C)C)ccc3ccccc23)c(OP(c2ccccc2)c2ccccc2)c(-c2c(C)c(C)cc(Cc3c(C(C)C)ccc4ccccc34)c2OP(c2ccccc2)c2ccccc2)c1C. The molecule has 0 radical (unpaired) electrons. The molecule has 72 heavy (non-hydrogen) atoms. The molecule has 0 N–H and O–H groups in total. The minimum atomic E-state index is -1.33. The third-order valence-corrected chi connectivity index (χ3v) is 18.3. The lowest BCUT2D eigenvalue weighted by molar-refractivity contribution is 0.611. The van der Waals surface area contributed by atoms with Gasteiger partial charge >= 0.3 is 0 Å². The molecule has 358 valence electrons. The van der Waals surface area contributed by atoms with Gasteiger partial charge in [-0.3, -0.25) is 0 Å². The summed E-state index contributed by atoms with van der Waals surface area (Å²) in [5.41, 5.74) is 14.8. The lowest BCUT2D eigenvalue weighted by atomic mass is 9.83. The zero-order valence-corrected chi connectivity index (χ0v) is 44.7. The number of fused-ring (bicyclic) bond motifs is 2. The van der Waals surface area contributed by atoms with Crippen LogP contribution in [0.25, 0.3) is 32.7 Å². The third kappa shape index (κ3) is 9.89. The van der Waals surface area contributed by atoms with Crippen molar-refractivity contribution < 1.29 is 9.05 Å². The van der Waals surface area contributed by atoms with E-state index in [4.69, 9.17) is 9.05 Å². The Morgan fingerprint density at radius 3 is 0.986 bits per heavy atom. The molecule has 0 aliphatic heterocycles. The van der Waals surface area contributed by atoms with E-state index in [-0.39, 0.29) is 0 Å². The summed E-state index contributed by atoms with van der Waals surface area (Å²) in [6.45, 7) is 18.5. The summed E-state index contributed by atoms with van der Waals surface area (Å²) in [7, 11) is -2.67. The van der Waals surface area contributed by atoms with Crippen LogP contribution in [0, 0.1) is 27.7 Å². The van der Waals surface area contributed by atoms with Crippen LogP contribution in [0.15, 0.2) is 206 Å². The van der Waals surface area contributed by atoms with Crippen molar-refractivity contribution in [3.63, 3.8) is 0 Å². The molecule has 0 bridgehead atoms. The van der Waals surface area contributed by atoms with Crippen LogP contribution >= 0.6 is 16.3 Å². The van der Waals surface area contributed by atoms with Gasteiger partial charge in [0.15, 0.2) is 16.3 Å². The molecular formula is C68H64O2P2. The minimum Gasteiger partial charge on any atom is -0.464 e. The zero-order valence-electron chi connectivity index (χ0n) is 42.9. The number of benzene rings is 10. The Morgan fingerprint density at radius 2 is 0.667 bits per heavy atom. The van der Waals surface area contributed by atoms with E-state index < -0.39 is 16.3 Å². The Balaban J connectivity index is 1.31. The molecule has 0 aliphatic rings. The van der Waals surface area contributed by atoms with Gasteiger partial charge in [0, 0.05) is 45.2 Å². The molecule has 0 unspecified atom stereocenters. The van der Waals surface area contributed by atoms with E-state index >= 15 is 0 Å². The second-order valence-electron chi connectivity index (χ2n) is 19.8. The summed E-state index contributed by atoms with van der Waals surface area (Å²) >= 11 is 0. The molecular weight excluding hydrogens is 911 g/mol. The van der Waals surface area contributed by atoms with Gasteiger partial charge in [-0.15, -0.1) is 0 Å². The second-order valence-corrected chi connectivity index (χ2v) is 23.5. The normalized spacial score (nSPS) is 11.7. The van der Waals surface area contributed by atoms with Crippen LogP contribution in [0.1, 0.15) is 95.2 Å². The van der Waals surface area contributed by atoms with Crippen molar-refractivity contribution >= 4 is 59.1 Å². The van der Waals surface area contributed by atoms with Gasteiger partial charge < -0.3 is 9.05 Å². The van der Waals surface area contributed by atoms with E-state index in [1.165, 1.54) is 77.2 Å². The van der Waals surface area contributed by atoms with Crippen molar-refractivity contribution in [3.8, 4) is 22.6 Å². The molecule has 10 rings (SSSR count). The van der Waals surface area contributed by atoms with Gasteiger partial charge in [-0.05, 0) is 117 Å². The largest absolute Gasteiger partial charge is 0.464 e. The van der Waals surface area contributed by atoms with Crippen LogP contribution in [0.2, 0.25) is 0 Å². The van der Waals surface area contributed by atoms with E-state index in [2.05, 4.69) is 262 Å². The fourth-order valence-electron chi connectivity index (χ4n) is 10.5. The summed E-state index contributed by atoms with van der Waals surface area (Å²) < 4.78 is 16.1. The topological polar surface area (TPSA) is 18.5 Å². The van der Waals surface area contributed by atoms with Gasteiger partial charge in [0.05, 0.1) is 0 Å². The lowest BCUT2D eigenvalue weighted by Crippen LogP contribution is -2.18. The summed E-state index contributed by atoms with van der Waals surface area (Å²) in [6.07, 6.45) is 1.40. The first-order valence-corrected chi connectivity index (χ1v) is 28.0. The smallest absolute Gasteiger partial charge is 0.150 e. The minimum absolute atomic E-state index is 0.326. The average molecular weight is 975 g/mol. The Bertz CT molecular complexity index is 3200. The molecule has 10 aromatic carbocycles. The van der Waals surface area contributed by atoms with E-state index in [0.717, 1.165) is 43.8 Å². The maximum Gasteiger partial charge on any atom is 0.150 e. The fourth-order valence-corrected chi connectivity index (χ4v) is 14.1. The van der Waals surface area contributed by atoms with Gasteiger partial charge in [-0.2, -0.15) is 0 Å².